The van der Waals surface area contributed by atoms with Crippen LogP contribution in [0.4, 0.5) is 27.6 Å². The van der Waals surface area contributed by atoms with Gasteiger partial charge in [0.2, 0.25) is 10.0 Å². The third kappa shape index (κ3) is 4.44. The lowest BCUT2D eigenvalue weighted by Gasteiger charge is -2.19. The molecular weight excluding hydrogens is 403 g/mol. The van der Waals surface area contributed by atoms with Gasteiger partial charge in [-0.25, -0.2) is 21.9 Å². The van der Waals surface area contributed by atoms with E-state index in [2.05, 4.69) is 4.72 Å². The first-order chi connectivity index (χ1) is 13.1. The quantitative estimate of drug-likeness (QED) is 0.749. The number of benzene rings is 2. The van der Waals surface area contributed by atoms with E-state index in [0.29, 0.717) is 25.2 Å². The number of hydrogen-bond acceptors (Lipinski definition) is 3. The minimum absolute atomic E-state index is 0.0608. The maximum atomic E-state index is 13.4. The van der Waals surface area contributed by atoms with Gasteiger partial charge < -0.3 is 4.90 Å². The highest BCUT2D eigenvalue weighted by atomic mass is 32.2. The SMILES string of the molecule is O=S(=O)(NCC1CCN(c2ccc(F)c(F)c2)C1)c1ccccc1C(F)(F)F. The van der Waals surface area contributed by atoms with E-state index in [-0.39, 0.29) is 12.5 Å². The van der Waals surface area contributed by atoms with Crippen LogP contribution in [0.25, 0.3) is 0 Å². The van der Waals surface area contributed by atoms with Crippen molar-refractivity contribution in [2.45, 2.75) is 17.5 Å². The number of nitrogens with one attached hydrogen (secondary N) is 1. The molecule has 1 fully saturated rings. The molecule has 1 heterocycles. The number of hydrogen-bond donors (Lipinski definition) is 1. The van der Waals surface area contributed by atoms with Crippen molar-refractivity contribution in [1.82, 2.24) is 4.72 Å². The Morgan fingerprint density at radius 1 is 1.07 bits per heavy atom. The predicted molar refractivity (Wildman–Crippen MR) is 93.3 cm³/mol. The molecule has 2 aromatic rings. The van der Waals surface area contributed by atoms with Gasteiger partial charge in [0.15, 0.2) is 11.6 Å². The van der Waals surface area contributed by atoms with Gasteiger partial charge in [-0.2, -0.15) is 13.2 Å². The van der Waals surface area contributed by atoms with Gasteiger partial charge in [-0.1, -0.05) is 12.1 Å². The van der Waals surface area contributed by atoms with E-state index >= 15 is 0 Å². The molecular formula is C18H17F5N2O2S. The largest absolute Gasteiger partial charge is 0.417 e. The number of rotatable bonds is 5. The van der Waals surface area contributed by atoms with Gasteiger partial charge >= 0.3 is 6.18 Å². The highest BCUT2D eigenvalue weighted by molar-refractivity contribution is 7.89. The molecule has 1 aliphatic rings. The molecule has 1 atom stereocenters. The Bertz CT molecular complexity index is 963. The maximum Gasteiger partial charge on any atom is 0.417 e. The van der Waals surface area contributed by atoms with Crippen molar-refractivity contribution >= 4 is 15.7 Å². The second-order valence-electron chi connectivity index (χ2n) is 6.54. The van der Waals surface area contributed by atoms with Crippen LogP contribution in [0.2, 0.25) is 0 Å². The molecule has 1 unspecified atom stereocenters. The smallest absolute Gasteiger partial charge is 0.371 e. The van der Waals surface area contributed by atoms with Crippen molar-refractivity contribution < 1.29 is 30.4 Å². The summed E-state index contributed by atoms with van der Waals surface area (Å²) in [5.41, 5.74) is -0.760. The molecule has 0 amide bonds. The fourth-order valence-electron chi connectivity index (χ4n) is 3.16. The first-order valence-corrected chi connectivity index (χ1v) is 9.92. The predicted octanol–water partition coefficient (Wildman–Crippen LogP) is 3.79. The molecule has 10 heteroatoms. The highest BCUT2D eigenvalue weighted by Crippen LogP contribution is 2.34. The monoisotopic (exact) mass is 420 g/mol. The third-order valence-electron chi connectivity index (χ3n) is 4.60. The average molecular weight is 420 g/mol. The fourth-order valence-corrected chi connectivity index (χ4v) is 4.50. The Morgan fingerprint density at radius 2 is 1.79 bits per heavy atom. The zero-order valence-electron chi connectivity index (χ0n) is 14.5. The first kappa shape index (κ1) is 20.5. The lowest BCUT2D eigenvalue weighted by molar-refractivity contribution is -0.139. The van der Waals surface area contributed by atoms with Crippen molar-refractivity contribution in [3.05, 3.63) is 59.7 Å². The van der Waals surface area contributed by atoms with E-state index in [9.17, 15) is 30.4 Å². The van der Waals surface area contributed by atoms with Crippen LogP contribution < -0.4 is 9.62 Å². The van der Waals surface area contributed by atoms with Gasteiger partial charge in [0.1, 0.15) is 0 Å². The minimum Gasteiger partial charge on any atom is -0.371 e. The van der Waals surface area contributed by atoms with E-state index in [1.54, 1.807) is 4.90 Å². The van der Waals surface area contributed by atoms with Crippen molar-refractivity contribution in [3.63, 3.8) is 0 Å². The standard InChI is InChI=1S/C18H17F5N2O2S/c19-15-6-5-13(9-16(15)20)25-8-7-12(11-25)10-24-28(26,27)17-4-2-1-3-14(17)18(21,22)23/h1-6,9,12,24H,7-8,10-11H2. The molecule has 28 heavy (non-hydrogen) atoms. The third-order valence-corrected chi connectivity index (χ3v) is 6.08. The summed E-state index contributed by atoms with van der Waals surface area (Å²) in [6, 6.07) is 7.46. The highest BCUT2D eigenvalue weighted by Gasteiger charge is 2.37. The van der Waals surface area contributed by atoms with Crippen molar-refractivity contribution in [2.24, 2.45) is 5.92 Å². The molecule has 3 rings (SSSR count). The molecule has 0 aromatic heterocycles. The van der Waals surface area contributed by atoms with Crippen molar-refractivity contribution in [1.29, 1.82) is 0 Å². The molecule has 1 saturated heterocycles. The molecule has 1 aliphatic heterocycles. The molecule has 152 valence electrons. The Morgan fingerprint density at radius 3 is 2.46 bits per heavy atom. The number of sulfonamides is 1. The van der Waals surface area contributed by atoms with Crippen LogP contribution in [0.1, 0.15) is 12.0 Å². The second-order valence-corrected chi connectivity index (χ2v) is 8.28. The topological polar surface area (TPSA) is 49.4 Å². The average Bonchev–Trinajstić information content (AvgIpc) is 3.11. The molecule has 0 aliphatic carbocycles. The second kappa shape index (κ2) is 7.67. The van der Waals surface area contributed by atoms with Gasteiger partial charge in [0.25, 0.3) is 0 Å². The number of alkyl halides is 3. The number of halogens is 5. The normalized spacial score (nSPS) is 17.9. The van der Waals surface area contributed by atoms with Crippen molar-refractivity contribution in [3.8, 4) is 0 Å². The van der Waals surface area contributed by atoms with E-state index < -0.39 is 38.3 Å². The molecule has 0 radical (unpaired) electrons. The summed E-state index contributed by atoms with van der Waals surface area (Å²) < 4.78 is 92.6. The van der Waals surface area contributed by atoms with Gasteiger partial charge in [0, 0.05) is 31.4 Å². The Kier molecular flexibility index (Phi) is 5.62. The van der Waals surface area contributed by atoms with Crippen LogP contribution in [-0.4, -0.2) is 28.1 Å². The molecule has 0 bridgehead atoms. The Hall–Kier alpha value is -2.20. The molecule has 1 N–H and O–H groups in total. The zero-order valence-corrected chi connectivity index (χ0v) is 15.3. The van der Waals surface area contributed by atoms with E-state index in [4.69, 9.17) is 0 Å². The summed E-state index contributed by atoms with van der Waals surface area (Å²) in [5.74, 6) is -2.12. The van der Waals surface area contributed by atoms with Crippen LogP contribution in [0.3, 0.4) is 0 Å². The zero-order chi connectivity index (χ0) is 20.5. The first-order valence-electron chi connectivity index (χ1n) is 8.44. The minimum atomic E-state index is -4.79. The lowest BCUT2D eigenvalue weighted by atomic mass is 10.1. The fraction of sp³-hybridized carbons (Fsp3) is 0.333. The number of nitrogens with zero attached hydrogens (tertiary/aromatic N) is 1. The van der Waals surface area contributed by atoms with Crippen LogP contribution in [0, 0.1) is 17.6 Å². The van der Waals surface area contributed by atoms with Gasteiger partial charge in [0.05, 0.1) is 10.5 Å². The summed E-state index contributed by atoms with van der Waals surface area (Å²) in [7, 11) is -4.35. The van der Waals surface area contributed by atoms with Gasteiger partial charge in [-0.15, -0.1) is 0 Å². The summed E-state index contributed by atoms with van der Waals surface area (Å²) in [6.45, 7) is 0.805. The van der Waals surface area contributed by atoms with Gasteiger partial charge in [-0.05, 0) is 36.6 Å². The van der Waals surface area contributed by atoms with Crippen LogP contribution in [-0.2, 0) is 16.2 Å². The summed E-state index contributed by atoms with van der Waals surface area (Å²) in [4.78, 5) is 0.948. The Labute approximate surface area is 159 Å². The van der Waals surface area contributed by atoms with E-state index in [1.807, 2.05) is 0 Å². The summed E-state index contributed by atoms with van der Waals surface area (Å²) in [5, 5.41) is 0. The molecule has 4 nitrogen and oxygen atoms in total. The number of anilines is 1. The lowest BCUT2D eigenvalue weighted by Crippen LogP contribution is -2.32. The molecule has 0 spiro atoms. The van der Waals surface area contributed by atoms with Crippen LogP contribution >= 0.6 is 0 Å². The van der Waals surface area contributed by atoms with Gasteiger partial charge in [-0.3, -0.25) is 0 Å². The van der Waals surface area contributed by atoms with E-state index in [1.165, 1.54) is 12.1 Å². The summed E-state index contributed by atoms with van der Waals surface area (Å²) >= 11 is 0. The maximum absolute atomic E-state index is 13.4. The Balaban J connectivity index is 1.67. The molecule has 0 saturated carbocycles. The van der Waals surface area contributed by atoms with Crippen LogP contribution in [0.15, 0.2) is 47.4 Å². The van der Waals surface area contributed by atoms with Crippen LogP contribution in [0.5, 0.6) is 0 Å². The van der Waals surface area contributed by atoms with E-state index in [0.717, 1.165) is 30.3 Å². The van der Waals surface area contributed by atoms with Crippen molar-refractivity contribution in [2.75, 3.05) is 24.5 Å². The summed E-state index contributed by atoms with van der Waals surface area (Å²) in [6.07, 6.45) is -4.23. The molecule has 2 aromatic carbocycles.